The number of fused-ring (bicyclic) bond motifs is 1. The van der Waals surface area contributed by atoms with Crippen LogP contribution < -0.4 is 16.8 Å². The van der Waals surface area contributed by atoms with E-state index in [0.29, 0.717) is 22.7 Å². The molecule has 1 aromatic heterocycles. The van der Waals surface area contributed by atoms with E-state index in [2.05, 4.69) is 17.2 Å². The van der Waals surface area contributed by atoms with Gasteiger partial charge in [-0.2, -0.15) is 0 Å². The first-order chi connectivity index (χ1) is 9.61. The lowest BCUT2D eigenvalue weighted by atomic mass is 9.82. The first kappa shape index (κ1) is 13.1. The molecule has 1 aliphatic rings. The minimum atomic E-state index is -0.447. The standard InChI is InChI=1S/C15H21N3O2/c1-9-3-2-4-10(5-9)8-17-12-7-13-14(6-11(12)16)20-15(19)18-13/h6-7,9-10,17H,2-5,8,16H2,1H3,(H,18,19). The predicted molar refractivity (Wildman–Crippen MR) is 80.9 cm³/mol. The van der Waals surface area contributed by atoms with Crippen LogP contribution in [-0.2, 0) is 0 Å². The van der Waals surface area contributed by atoms with Gasteiger partial charge in [-0.3, -0.25) is 4.98 Å². The molecular formula is C15H21N3O2. The Bertz CT molecular complexity index is 659. The summed E-state index contributed by atoms with van der Waals surface area (Å²) in [6.07, 6.45) is 5.22. The third-order valence-electron chi connectivity index (χ3n) is 4.22. The van der Waals surface area contributed by atoms with Crippen LogP contribution in [0.2, 0.25) is 0 Å². The fourth-order valence-electron chi connectivity index (χ4n) is 3.17. The highest BCUT2D eigenvalue weighted by Crippen LogP contribution is 2.30. The second kappa shape index (κ2) is 5.23. The first-order valence-electron chi connectivity index (χ1n) is 7.28. The van der Waals surface area contributed by atoms with Crippen molar-refractivity contribution < 1.29 is 4.42 Å². The molecule has 1 fully saturated rings. The lowest BCUT2D eigenvalue weighted by Gasteiger charge is -2.27. The number of nitrogens with one attached hydrogen (secondary N) is 2. The van der Waals surface area contributed by atoms with Crippen LogP contribution >= 0.6 is 0 Å². The molecule has 2 aromatic rings. The predicted octanol–water partition coefficient (Wildman–Crippen LogP) is 2.94. The summed E-state index contributed by atoms with van der Waals surface area (Å²) in [6.45, 7) is 3.25. The zero-order valence-electron chi connectivity index (χ0n) is 11.7. The van der Waals surface area contributed by atoms with Gasteiger partial charge >= 0.3 is 5.76 Å². The average Bonchev–Trinajstić information content (AvgIpc) is 2.75. The molecule has 2 atom stereocenters. The highest BCUT2D eigenvalue weighted by Gasteiger charge is 2.18. The van der Waals surface area contributed by atoms with Gasteiger partial charge in [-0.25, -0.2) is 4.79 Å². The number of hydrogen-bond acceptors (Lipinski definition) is 4. The molecule has 0 radical (unpaired) electrons. The molecule has 0 spiro atoms. The van der Waals surface area contributed by atoms with Crippen molar-refractivity contribution in [3.63, 3.8) is 0 Å². The molecule has 2 unspecified atom stereocenters. The topological polar surface area (TPSA) is 84.0 Å². The summed E-state index contributed by atoms with van der Waals surface area (Å²) in [5, 5.41) is 3.42. The molecule has 5 heteroatoms. The second-order valence-electron chi connectivity index (χ2n) is 5.97. The summed E-state index contributed by atoms with van der Waals surface area (Å²) in [4.78, 5) is 13.8. The summed E-state index contributed by atoms with van der Waals surface area (Å²) < 4.78 is 4.99. The molecule has 0 bridgehead atoms. The highest BCUT2D eigenvalue weighted by molar-refractivity contribution is 5.85. The van der Waals surface area contributed by atoms with Gasteiger partial charge in [-0.1, -0.05) is 19.8 Å². The van der Waals surface area contributed by atoms with Crippen LogP contribution in [0.15, 0.2) is 21.3 Å². The van der Waals surface area contributed by atoms with Crippen LogP contribution in [-0.4, -0.2) is 11.5 Å². The highest BCUT2D eigenvalue weighted by atomic mass is 16.4. The van der Waals surface area contributed by atoms with Crippen LogP contribution in [0.5, 0.6) is 0 Å². The number of aromatic nitrogens is 1. The number of oxazole rings is 1. The van der Waals surface area contributed by atoms with Crippen molar-refractivity contribution in [2.24, 2.45) is 11.8 Å². The second-order valence-corrected chi connectivity index (χ2v) is 5.97. The van der Waals surface area contributed by atoms with Crippen molar-refractivity contribution in [2.45, 2.75) is 32.6 Å². The lowest BCUT2D eigenvalue weighted by molar-refractivity contribution is 0.293. The number of hydrogen-bond donors (Lipinski definition) is 3. The molecule has 5 nitrogen and oxygen atoms in total. The van der Waals surface area contributed by atoms with Gasteiger partial charge in [-0.05, 0) is 30.7 Å². The normalized spacial score (nSPS) is 23.1. The number of benzene rings is 1. The van der Waals surface area contributed by atoms with E-state index >= 15 is 0 Å². The van der Waals surface area contributed by atoms with E-state index in [9.17, 15) is 4.79 Å². The molecular weight excluding hydrogens is 254 g/mol. The van der Waals surface area contributed by atoms with Crippen molar-refractivity contribution in [2.75, 3.05) is 17.6 Å². The largest absolute Gasteiger partial charge is 0.417 e. The number of nitrogens with two attached hydrogens (primary N) is 1. The fourth-order valence-corrected chi connectivity index (χ4v) is 3.17. The molecule has 0 saturated heterocycles. The average molecular weight is 275 g/mol. The third-order valence-corrected chi connectivity index (χ3v) is 4.22. The van der Waals surface area contributed by atoms with Gasteiger partial charge in [0.15, 0.2) is 5.58 Å². The SMILES string of the molecule is CC1CCCC(CNc2cc3[nH]c(=O)oc3cc2N)C1. The summed E-state index contributed by atoms with van der Waals surface area (Å²) in [6, 6.07) is 3.54. The van der Waals surface area contributed by atoms with Gasteiger partial charge in [0.2, 0.25) is 0 Å². The number of anilines is 2. The van der Waals surface area contributed by atoms with E-state index in [0.717, 1.165) is 18.2 Å². The summed E-state index contributed by atoms with van der Waals surface area (Å²) in [5.74, 6) is 1.08. The van der Waals surface area contributed by atoms with E-state index in [-0.39, 0.29) is 0 Å². The number of nitrogen functional groups attached to an aromatic ring is 1. The monoisotopic (exact) mass is 275 g/mol. The van der Waals surface area contributed by atoms with Crippen molar-refractivity contribution >= 4 is 22.5 Å². The first-order valence-corrected chi connectivity index (χ1v) is 7.28. The van der Waals surface area contributed by atoms with Crippen molar-refractivity contribution in [3.05, 3.63) is 22.7 Å². The molecule has 1 aliphatic carbocycles. The molecule has 1 saturated carbocycles. The number of H-pyrrole nitrogens is 1. The van der Waals surface area contributed by atoms with E-state index in [1.807, 2.05) is 6.07 Å². The van der Waals surface area contributed by atoms with Crippen molar-refractivity contribution in [1.29, 1.82) is 0 Å². The smallest absolute Gasteiger partial charge is 0.408 e. The zero-order chi connectivity index (χ0) is 14.1. The Hall–Kier alpha value is -1.91. The maximum atomic E-state index is 11.2. The van der Waals surface area contributed by atoms with Crippen LogP contribution in [0.1, 0.15) is 32.6 Å². The molecule has 20 heavy (non-hydrogen) atoms. The Kier molecular flexibility index (Phi) is 3.42. The Morgan fingerprint density at radius 3 is 3.10 bits per heavy atom. The number of rotatable bonds is 3. The Morgan fingerprint density at radius 2 is 2.30 bits per heavy atom. The van der Waals surface area contributed by atoms with E-state index in [1.54, 1.807) is 6.07 Å². The fraction of sp³-hybridized carbons (Fsp3) is 0.533. The molecule has 0 aliphatic heterocycles. The van der Waals surface area contributed by atoms with Crippen LogP contribution in [0, 0.1) is 11.8 Å². The van der Waals surface area contributed by atoms with Crippen LogP contribution in [0.4, 0.5) is 11.4 Å². The van der Waals surface area contributed by atoms with Crippen LogP contribution in [0.25, 0.3) is 11.1 Å². The maximum absolute atomic E-state index is 11.2. The summed E-state index contributed by atoms with van der Waals surface area (Å²) in [5.41, 5.74) is 8.67. The van der Waals surface area contributed by atoms with Gasteiger partial charge in [-0.15, -0.1) is 0 Å². The Morgan fingerprint density at radius 1 is 1.45 bits per heavy atom. The van der Waals surface area contributed by atoms with Crippen molar-refractivity contribution in [1.82, 2.24) is 4.98 Å². The minimum absolute atomic E-state index is 0.447. The lowest BCUT2D eigenvalue weighted by Crippen LogP contribution is -2.21. The number of aromatic amines is 1. The minimum Gasteiger partial charge on any atom is -0.408 e. The zero-order valence-corrected chi connectivity index (χ0v) is 11.7. The maximum Gasteiger partial charge on any atom is 0.417 e. The molecule has 0 amide bonds. The quantitative estimate of drug-likeness (QED) is 0.752. The van der Waals surface area contributed by atoms with Gasteiger partial charge in [0.05, 0.1) is 16.9 Å². The molecule has 3 rings (SSSR count). The van der Waals surface area contributed by atoms with Gasteiger partial charge in [0.1, 0.15) is 0 Å². The van der Waals surface area contributed by atoms with E-state index < -0.39 is 5.76 Å². The molecule has 1 heterocycles. The van der Waals surface area contributed by atoms with Gasteiger partial charge < -0.3 is 15.5 Å². The van der Waals surface area contributed by atoms with Crippen LogP contribution in [0.3, 0.4) is 0 Å². The Balaban J connectivity index is 1.73. The Labute approximate surface area is 117 Å². The van der Waals surface area contributed by atoms with Crippen molar-refractivity contribution in [3.8, 4) is 0 Å². The van der Waals surface area contributed by atoms with Gasteiger partial charge in [0.25, 0.3) is 0 Å². The third kappa shape index (κ3) is 2.66. The molecule has 1 aromatic carbocycles. The van der Waals surface area contributed by atoms with E-state index in [1.165, 1.54) is 25.7 Å². The molecule has 4 N–H and O–H groups in total. The molecule has 108 valence electrons. The van der Waals surface area contributed by atoms with E-state index in [4.69, 9.17) is 10.2 Å². The van der Waals surface area contributed by atoms with Gasteiger partial charge in [0, 0.05) is 12.6 Å². The summed E-state index contributed by atoms with van der Waals surface area (Å²) in [7, 11) is 0. The summed E-state index contributed by atoms with van der Waals surface area (Å²) >= 11 is 0.